The normalized spacial score (nSPS) is 9.85. The summed E-state index contributed by atoms with van der Waals surface area (Å²) < 4.78 is 3.05. The number of rotatable bonds is 3. The summed E-state index contributed by atoms with van der Waals surface area (Å²) in [5.41, 5.74) is 1.07. The van der Waals surface area contributed by atoms with Gasteiger partial charge in [0.05, 0.1) is 5.69 Å². The first-order valence-electron chi connectivity index (χ1n) is 3.80. The molecule has 3 nitrogen and oxygen atoms in total. The third-order valence-corrected chi connectivity index (χ3v) is 2.86. The number of hydrogen-bond acceptors (Lipinski definition) is 4. The van der Waals surface area contributed by atoms with Gasteiger partial charge in [-0.25, -0.2) is 4.98 Å². The lowest BCUT2D eigenvalue weighted by Crippen LogP contribution is -2.09. The zero-order chi connectivity index (χ0) is 9.84. The molecule has 0 fully saturated rings. The van der Waals surface area contributed by atoms with Crippen LogP contribution >= 0.6 is 27.9 Å². The molecule has 0 amide bonds. The molecule has 1 rings (SSSR count). The summed E-state index contributed by atoms with van der Waals surface area (Å²) in [5.74, 6) is 0.889. The number of aromatic nitrogens is 1. The average Bonchev–Trinajstić information content (AvgIpc) is 2.16. The zero-order valence-corrected chi connectivity index (χ0v) is 10.2. The monoisotopic (exact) mass is 261 g/mol. The number of nitrogens with one attached hydrogen (secondary N) is 1. The largest absolute Gasteiger partial charge is 0.371 e. The van der Waals surface area contributed by atoms with E-state index in [2.05, 4.69) is 30.5 Å². The molecular weight excluding hydrogens is 250 g/mol. The van der Waals surface area contributed by atoms with E-state index >= 15 is 0 Å². The minimum atomic E-state index is 0.889. The smallest absolute Gasteiger partial charge is 0.150 e. The van der Waals surface area contributed by atoms with Crippen molar-refractivity contribution in [1.29, 1.82) is 0 Å². The van der Waals surface area contributed by atoms with Gasteiger partial charge in [-0.1, -0.05) is 11.9 Å². The Hall–Kier alpha value is -0.420. The number of pyridine rings is 1. The molecule has 0 radical (unpaired) electrons. The third-order valence-electron chi connectivity index (χ3n) is 1.68. The fourth-order valence-electron chi connectivity index (χ4n) is 0.960. The minimum Gasteiger partial charge on any atom is -0.371 e. The van der Waals surface area contributed by atoms with Crippen LogP contribution in [0.25, 0.3) is 0 Å². The van der Waals surface area contributed by atoms with Crippen LogP contribution in [0.4, 0.5) is 11.5 Å². The Balaban J connectivity index is 3.07. The molecule has 0 atom stereocenters. The topological polar surface area (TPSA) is 28.2 Å². The van der Waals surface area contributed by atoms with Crippen molar-refractivity contribution in [2.45, 2.75) is 0 Å². The lowest BCUT2D eigenvalue weighted by molar-refractivity contribution is 1.23. The predicted octanol–water partition coefficient (Wildman–Crippen LogP) is 2.60. The molecule has 0 aliphatic heterocycles. The summed E-state index contributed by atoms with van der Waals surface area (Å²) in [6.45, 7) is 0. The molecule has 0 unspecified atom stereocenters. The van der Waals surface area contributed by atoms with Crippen LogP contribution in [-0.2, 0) is 0 Å². The SMILES string of the molecule is CNc1ncc(Br)cc1N(C)SC. The minimum absolute atomic E-state index is 0.889. The van der Waals surface area contributed by atoms with Crippen LogP contribution < -0.4 is 9.62 Å². The Morgan fingerprint density at radius 2 is 2.31 bits per heavy atom. The first-order chi connectivity index (χ1) is 6.19. The number of hydrogen-bond donors (Lipinski definition) is 1. The highest BCUT2D eigenvalue weighted by atomic mass is 79.9. The van der Waals surface area contributed by atoms with Gasteiger partial charge >= 0.3 is 0 Å². The summed E-state index contributed by atoms with van der Waals surface area (Å²) >= 11 is 5.05. The molecule has 5 heteroatoms. The van der Waals surface area contributed by atoms with Crippen LogP contribution in [-0.4, -0.2) is 25.3 Å². The molecule has 1 heterocycles. The van der Waals surface area contributed by atoms with Gasteiger partial charge in [0.1, 0.15) is 5.82 Å². The van der Waals surface area contributed by atoms with E-state index in [1.807, 2.05) is 26.4 Å². The fraction of sp³-hybridized carbons (Fsp3) is 0.375. The van der Waals surface area contributed by atoms with Crippen molar-refractivity contribution < 1.29 is 0 Å². The van der Waals surface area contributed by atoms with Crippen LogP contribution in [0.3, 0.4) is 0 Å². The predicted molar refractivity (Wildman–Crippen MR) is 63.4 cm³/mol. The summed E-state index contributed by atoms with van der Waals surface area (Å²) in [7, 11) is 3.88. The van der Waals surface area contributed by atoms with Crippen molar-refractivity contribution in [3.8, 4) is 0 Å². The van der Waals surface area contributed by atoms with Crippen molar-refractivity contribution >= 4 is 39.4 Å². The van der Waals surface area contributed by atoms with Gasteiger partial charge in [0.15, 0.2) is 0 Å². The van der Waals surface area contributed by atoms with Crippen LogP contribution in [0.2, 0.25) is 0 Å². The molecule has 72 valence electrons. The molecule has 0 saturated heterocycles. The second-order valence-electron chi connectivity index (χ2n) is 2.45. The molecule has 1 N–H and O–H groups in total. The lowest BCUT2D eigenvalue weighted by Gasteiger charge is -2.18. The second kappa shape index (κ2) is 4.72. The molecule has 1 aromatic heterocycles. The number of halogens is 1. The van der Waals surface area contributed by atoms with Gasteiger partial charge in [-0.2, -0.15) is 0 Å². The Morgan fingerprint density at radius 3 is 2.85 bits per heavy atom. The third kappa shape index (κ3) is 2.51. The first-order valence-corrected chi connectivity index (χ1v) is 5.77. The molecular formula is C8H12BrN3S. The maximum Gasteiger partial charge on any atom is 0.150 e. The van der Waals surface area contributed by atoms with Gasteiger partial charge in [-0.15, -0.1) is 0 Å². The van der Waals surface area contributed by atoms with Gasteiger partial charge in [-0.05, 0) is 22.0 Å². The zero-order valence-electron chi connectivity index (χ0n) is 7.84. The van der Waals surface area contributed by atoms with Crippen molar-refractivity contribution in [2.24, 2.45) is 0 Å². The highest BCUT2D eigenvalue weighted by Crippen LogP contribution is 2.28. The molecule has 0 bridgehead atoms. The summed E-state index contributed by atoms with van der Waals surface area (Å²) in [6, 6.07) is 2.04. The highest BCUT2D eigenvalue weighted by molar-refractivity contribution is 9.10. The maximum absolute atomic E-state index is 4.25. The van der Waals surface area contributed by atoms with Crippen LogP contribution in [0, 0.1) is 0 Å². The van der Waals surface area contributed by atoms with E-state index in [0.717, 1.165) is 16.0 Å². The van der Waals surface area contributed by atoms with Crippen LogP contribution in [0.1, 0.15) is 0 Å². The van der Waals surface area contributed by atoms with Crippen molar-refractivity contribution in [3.63, 3.8) is 0 Å². The summed E-state index contributed by atoms with van der Waals surface area (Å²) in [6.07, 6.45) is 3.81. The first kappa shape index (κ1) is 10.7. The van der Waals surface area contributed by atoms with Crippen LogP contribution in [0.15, 0.2) is 16.7 Å². The van der Waals surface area contributed by atoms with E-state index in [-0.39, 0.29) is 0 Å². The molecule has 0 aliphatic rings. The average molecular weight is 262 g/mol. The lowest BCUT2D eigenvalue weighted by atomic mass is 10.4. The van der Waals surface area contributed by atoms with E-state index in [4.69, 9.17) is 0 Å². The Kier molecular flexibility index (Phi) is 3.87. The van der Waals surface area contributed by atoms with Crippen molar-refractivity contribution in [1.82, 2.24) is 4.98 Å². The van der Waals surface area contributed by atoms with Crippen molar-refractivity contribution in [2.75, 3.05) is 30.0 Å². The molecule has 0 saturated carbocycles. The summed E-state index contributed by atoms with van der Waals surface area (Å²) in [5, 5.41) is 3.05. The van der Waals surface area contributed by atoms with Gasteiger partial charge in [-0.3, -0.25) is 0 Å². The highest BCUT2D eigenvalue weighted by Gasteiger charge is 2.06. The van der Waals surface area contributed by atoms with E-state index in [9.17, 15) is 0 Å². The van der Waals surface area contributed by atoms with Gasteiger partial charge in [0.25, 0.3) is 0 Å². The second-order valence-corrected chi connectivity index (χ2v) is 4.28. The van der Waals surface area contributed by atoms with E-state index in [0.29, 0.717) is 0 Å². The quantitative estimate of drug-likeness (QED) is 0.847. The number of anilines is 2. The van der Waals surface area contributed by atoms with E-state index in [1.54, 1.807) is 18.1 Å². The van der Waals surface area contributed by atoms with Gasteiger partial charge in [0, 0.05) is 31.0 Å². The van der Waals surface area contributed by atoms with Crippen molar-refractivity contribution in [3.05, 3.63) is 16.7 Å². The fourth-order valence-corrected chi connectivity index (χ4v) is 1.61. The van der Waals surface area contributed by atoms with Gasteiger partial charge < -0.3 is 9.62 Å². The molecule has 0 aromatic carbocycles. The van der Waals surface area contributed by atoms with Crippen LogP contribution in [0.5, 0.6) is 0 Å². The molecule has 13 heavy (non-hydrogen) atoms. The summed E-state index contributed by atoms with van der Waals surface area (Å²) in [4.78, 5) is 4.25. The number of nitrogens with zero attached hydrogens (tertiary/aromatic N) is 2. The Labute approximate surface area is 91.2 Å². The Morgan fingerprint density at radius 1 is 1.62 bits per heavy atom. The van der Waals surface area contributed by atoms with E-state index in [1.165, 1.54) is 0 Å². The van der Waals surface area contributed by atoms with E-state index < -0.39 is 0 Å². The van der Waals surface area contributed by atoms with Gasteiger partial charge in [0.2, 0.25) is 0 Å². The molecule has 1 aromatic rings. The molecule has 0 spiro atoms. The standard InChI is InChI=1S/C8H12BrN3S/c1-10-8-7(12(2)13-3)4-6(9)5-11-8/h4-5H,1-3H3,(H,10,11). The Bertz CT molecular complexity index is 293. The molecule has 0 aliphatic carbocycles. The maximum atomic E-state index is 4.25.